The minimum absolute atomic E-state index is 0.0397. The molecule has 0 fully saturated rings. The Balaban J connectivity index is 4.13. The highest BCUT2D eigenvalue weighted by Crippen LogP contribution is 2.38. The van der Waals surface area contributed by atoms with E-state index in [0.717, 1.165) is 96.3 Å². The number of allylic oxidation sites excluding steroid dienone is 16. The molecule has 0 bridgehead atoms. The monoisotopic (exact) mass is 1170 g/mol. The molecule has 0 aromatic heterocycles. The largest absolute Gasteiger partial charge is 0.756 e. The number of likely N-dealkylation sites (N-methyl/N-ethyl adjacent to an activating group) is 1. The minimum atomic E-state index is -4.65. The standard InChI is InChI=1S/C72H128NO8P/c1-6-8-10-12-14-16-18-20-22-24-26-28-30-32-34-36-38-40-42-44-46-48-50-52-54-56-58-60-62-64-71(74)78-68-70(69-80-82(76,77)79-67-66-73(3,4)5)81-72(75)65-63-61-59-57-55-53-51-49-47-45-43-41-39-37-35-33-31-29-27-25-23-21-19-17-15-13-11-9-7-2/h9,11,15,17,21,23,27,29,33,35,39,41,45,47,51,53,70H,6-8,10,12-14,16,18-20,22,24-26,28,30-32,34,36-38,40,42-44,46,48-50,52,54-69H2,1-5H3/b11-9-,17-15-,23-21-,29-27-,35-33-,41-39-,47-45-,53-51-. The normalized spacial score (nSPS) is 13.8. The highest BCUT2D eigenvalue weighted by molar-refractivity contribution is 7.45. The zero-order chi connectivity index (χ0) is 59.8. The predicted molar refractivity (Wildman–Crippen MR) is 351 cm³/mol. The lowest BCUT2D eigenvalue weighted by Gasteiger charge is -2.28. The first-order valence-electron chi connectivity index (χ1n) is 33.9. The zero-order valence-corrected chi connectivity index (χ0v) is 54.8. The van der Waals surface area contributed by atoms with Crippen LogP contribution in [-0.4, -0.2) is 70.0 Å². The molecule has 0 rings (SSSR count). The van der Waals surface area contributed by atoms with E-state index in [1.54, 1.807) is 0 Å². The number of unbranched alkanes of at least 4 members (excludes halogenated alkanes) is 32. The first-order valence-corrected chi connectivity index (χ1v) is 35.4. The molecule has 0 aliphatic heterocycles. The van der Waals surface area contributed by atoms with Crippen molar-refractivity contribution in [2.45, 2.75) is 302 Å². The molecule has 0 amide bonds. The molecule has 0 spiro atoms. The average Bonchev–Trinajstić information content (AvgIpc) is 3.45. The molecule has 0 saturated carbocycles. The Kier molecular flexibility index (Phi) is 60.1. The molecule has 9 nitrogen and oxygen atoms in total. The fourth-order valence-corrected chi connectivity index (χ4v) is 10.2. The van der Waals surface area contributed by atoms with Crippen molar-refractivity contribution in [3.8, 4) is 0 Å². The van der Waals surface area contributed by atoms with Crippen molar-refractivity contribution < 1.29 is 42.1 Å². The van der Waals surface area contributed by atoms with E-state index in [1.807, 2.05) is 21.1 Å². The summed E-state index contributed by atoms with van der Waals surface area (Å²) in [7, 11) is 1.14. The summed E-state index contributed by atoms with van der Waals surface area (Å²) in [6.07, 6.45) is 86.3. The van der Waals surface area contributed by atoms with Gasteiger partial charge in [0.2, 0.25) is 0 Å². The topological polar surface area (TPSA) is 111 Å². The number of phosphoric acid groups is 1. The summed E-state index contributed by atoms with van der Waals surface area (Å²) in [5, 5.41) is 0. The fraction of sp³-hybridized carbons (Fsp3) is 0.750. The number of nitrogens with zero attached hydrogens (tertiary/aromatic N) is 1. The van der Waals surface area contributed by atoms with E-state index in [-0.39, 0.29) is 32.0 Å². The molecule has 0 heterocycles. The molecule has 0 saturated heterocycles. The lowest BCUT2D eigenvalue weighted by atomic mass is 10.0. The third-order valence-corrected chi connectivity index (χ3v) is 15.6. The van der Waals surface area contributed by atoms with Gasteiger partial charge < -0.3 is 27.9 Å². The van der Waals surface area contributed by atoms with Crippen molar-refractivity contribution >= 4 is 19.8 Å². The van der Waals surface area contributed by atoms with Crippen LogP contribution in [0.25, 0.3) is 0 Å². The van der Waals surface area contributed by atoms with Gasteiger partial charge in [0.15, 0.2) is 6.10 Å². The van der Waals surface area contributed by atoms with Gasteiger partial charge in [0.25, 0.3) is 7.82 Å². The van der Waals surface area contributed by atoms with Crippen molar-refractivity contribution in [2.75, 3.05) is 47.5 Å². The molecule has 0 N–H and O–H groups in total. The lowest BCUT2D eigenvalue weighted by Crippen LogP contribution is -2.37. The number of hydrogen-bond acceptors (Lipinski definition) is 8. The van der Waals surface area contributed by atoms with Crippen LogP contribution in [0, 0.1) is 0 Å². The van der Waals surface area contributed by atoms with Crippen LogP contribution in [0.1, 0.15) is 296 Å². The van der Waals surface area contributed by atoms with Crippen LogP contribution in [0.15, 0.2) is 97.2 Å². The number of ether oxygens (including phenoxy) is 2. The molecule has 0 aliphatic rings. The van der Waals surface area contributed by atoms with Crippen LogP contribution < -0.4 is 4.89 Å². The van der Waals surface area contributed by atoms with E-state index < -0.39 is 26.5 Å². The van der Waals surface area contributed by atoms with Crippen LogP contribution in [-0.2, 0) is 32.7 Å². The second-order valence-electron chi connectivity index (χ2n) is 23.8. The van der Waals surface area contributed by atoms with Gasteiger partial charge in [-0.25, -0.2) is 0 Å². The first-order chi connectivity index (χ1) is 40.0. The summed E-state index contributed by atoms with van der Waals surface area (Å²) in [5.74, 6) is -0.857. The van der Waals surface area contributed by atoms with E-state index in [1.165, 1.54) is 167 Å². The van der Waals surface area contributed by atoms with Crippen LogP contribution in [0.2, 0.25) is 0 Å². The van der Waals surface area contributed by atoms with Gasteiger partial charge in [-0.15, -0.1) is 0 Å². The van der Waals surface area contributed by atoms with Gasteiger partial charge in [0, 0.05) is 12.8 Å². The predicted octanol–water partition coefficient (Wildman–Crippen LogP) is 21.3. The van der Waals surface area contributed by atoms with Crippen LogP contribution in [0.3, 0.4) is 0 Å². The smallest absolute Gasteiger partial charge is 0.306 e. The molecule has 0 radical (unpaired) electrons. The lowest BCUT2D eigenvalue weighted by molar-refractivity contribution is -0.870. The molecular weight excluding hydrogens is 1040 g/mol. The summed E-state index contributed by atoms with van der Waals surface area (Å²) in [5.41, 5.74) is 0. The highest BCUT2D eigenvalue weighted by atomic mass is 31.2. The zero-order valence-electron chi connectivity index (χ0n) is 53.9. The molecule has 474 valence electrons. The summed E-state index contributed by atoms with van der Waals surface area (Å²) in [6.45, 7) is 4.13. The fourth-order valence-electron chi connectivity index (χ4n) is 9.44. The van der Waals surface area contributed by atoms with Gasteiger partial charge in [-0.2, -0.15) is 0 Å². The Morgan fingerprint density at radius 1 is 0.390 bits per heavy atom. The average molecular weight is 1170 g/mol. The molecule has 10 heteroatoms. The maximum atomic E-state index is 12.8. The SMILES string of the molecule is CC/C=C\C/C=C\C/C=C\C/C=C\C/C=C\C/C=C\C/C=C\C/C=C\CCCCCCC(=O)OC(COC(=O)CCCCCCCCCCCCCCCCCCCCCCCCCCCCCCC)COP(=O)([O-])OCC[N+](C)(C)C. The van der Waals surface area contributed by atoms with Crippen molar-refractivity contribution in [1.29, 1.82) is 0 Å². The van der Waals surface area contributed by atoms with Crippen LogP contribution in [0.5, 0.6) is 0 Å². The third kappa shape index (κ3) is 66.1. The molecule has 0 aromatic carbocycles. The molecular formula is C72H128NO8P. The summed E-state index contributed by atoms with van der Waals surface area (Å²) < 4.78 is 34.3. The van der Waals surface area contributed by atoms with Gasteiger partial charge >= 0.3 is 11.9 Å². The van der Waals surface area contributed by atoms with Crippen molar-refractivity contribution in [3.63, 3.8) is 0 Å². The number of phosphoric ester groups is 1. The maximum Gasteiger partial charge on any atom is 0.306 e. The van der Waals surface area contributed by atoms with E-state index in [4.69, 9.17) is 18.5 Å². The van der Waals surface area contributed by atoms with E-state index in [9.17, 15) is 19.0 Å². The number of esters is 2. The van der Waals surface area contributed by atoms with Crippen molar-refractivity contribution in [3.05, 3.63) is 97.2 Å². The third-order valence-electron chi connectivity index (χ3n) is 14.6. The molecule has 0 aromatic rings. The summed E-state index contributed by atoms with van der Waals surface area (Å²) in [6, 6.07) is 0. The number of carbonyl (C=O) groups is 2. The Bertz CT molecular complexity index is 1710. The van der Waals surface area contributed by atoms with Crippen LogP contribution in [0.4, 0.5) is 0 Å². The van der Waals surface area contributed by atoms with Gasteiger partial charge in [0.05, 0.1) is 27.7 Å². The summed E-state index contributed by atoms with van der Waals surface area (Å²) >= 11 is 0. The Labute approximate surface area is 506 Å². The van der Waals surface area contributed by atoms with Gasteiger partial charge in [-0.05, 0) is 77.0 Å². The van der Waals surface area contributed by atoms with E-state index in [0.29, 0.717) is 17.4 Å². The summed E-state index contributed by atoms with van der Waals surface area (Å²) in [4.78, 5) is 38.0. The van der Waals surface area contributed by atoms with E-state index in [2.05, 4.69) is 111 Å². The van der Waals surface area contributed by atoms with Crippen molar-refractivity contribution in [2.24, 2.45) is 0 Å². The van der Waals surface area contributed by atoms with E-state index >= 15 is 0 Å². The molecule has 0 aliphatic carbocycles. The van der Waals surface area contributed by atoms with Gasteiger partial charge in [-0.1, -0.05) is 304 Å². The molecule has 2 atom stereocenters. The number of carbonyl (C=O) groups excluding carboxylic acids is 2. The number of hydrogen-bond donors (Lipinski definition) is 0. The Hall–Kier alpha value is -3.07. The highest BCUT2D eigenvalue weighted by Gasteiger charge is 2.22. The Morgan fingerprint density at radius 3 is 1.04 bits per heavy atom. The second-order valence-corrected chi connectivity index (χ2v) is 25.2. The van der Waals surface area contributed by atoms with Crippen molar-refractivity contribution in [1.82, 2.24) is 0 Å². The molecule has 82 heavy (non-hydrogen) atoms. The number of rotatable bonds is 62. The minimum Gasteiger partial charge on any atom is -0.756 e. The maximum absolute atomic E-state index is 12.8. The first kappa shape index (κ1) is 78.9. The number of quaternary nitrogens is 1. The van der Waals surface area contributed by atoms with Gasteiger partial charge in [0.1, 0.15) is 19.8 Å². The second kappa shape index (κ2) is 62.5. The van der Waals surface area contributed by atoms with Gasteiger partial charge in [-0.3, -0.25) is 14.2 Å². The Morgan fingerprint density at radius 2 is 0.695 bits per heavy atom. The van der Waals surface area contributed by atoms with Crippen LogP contribution >= 0.6 is 7.82 Å². The molecule has 2 unspecified atom stereocenters. The quantitative estimate of drug-likeness (QED) is 0.0195.